The van der Waals surface area contributed by atoms with Gasteiger partial charge in [0.1, 0.15) is 0 Å². The van der Waals surface area contributed by atoms with E-state index in [0.717, 1.165) is 12.2 Å². The summed E-state index contributed by atoms with van der Waals surface area (Å²) < 4.78 is 5.03. The van der Waals surface area contributed by atoms with Gasteiger partial charge in [-0.2, -0.15) is 0 Å². The molecule has 1 rings (SSSR count). The van der Waals surface area contributed by atoms with Crippen molar-refractivity contribution in [3.8, 4) is 0 Å². The van der Waals surface area contributed by atoms with Crippen LogP contribution in [0, 0.1) is 5.92 Å². The molecule has 0 aliphatic carbocycles. The van der Waals surface area contributed by atoms with Crippen LogP contribution in [-0.4, -0.2) is 37.7 Å². The number of carbonyl (C=O) groups excluding carboxylic acids is 1. The quantitative estimate of drug-likeness (QED) is 0.771. The summed E-state index contributed by atoms with van der Waals surface area (Å²) in [7, 11) is 1.66. The number of hydrogen-bond acceptors (Lipinski definition) is 4. The van der Waals surface area contributed by atoms with Gasteiger partial charge in [0.15, 0.2) is 0 Å². The SMILES string of the molecule is CCNc1cnccc1C(=O)NCC(C)COC. The molecule has 1 heterocycles. The largest absolute Gasteiger partial charge is 0.384 e. The van der Waals surface area contributed by atoms with Crippen LogP contribution in [0.15, 0.2) is 18.5 Å². The second kappa shape index (κ2) is 7.66. The van der Waals surface area contributed by atoms with Gasteiger partial charge >= 0.3 is 0 Å². The summed E-state index contributed by atoms with van der Waals surface area (Å²) in [6.45, 7) is 6.00. The number of aromatic nitrogens is 1. The highest BCUT2D eigenvalue weighted by Gasteiger charge is 2.11. The fourth-order valence-corrected chi connectivity index (χ4v) is 1.63. The number of methoxy groups -OCH3 is 1. The highest BCUT2D eigenvalue weighted by molar-refractivity contribution is 5.99. The summed E-state index contributed by atoms with van der Waals surface area (Å²) in [5.74, 6) is 0.208. The van der Waals surface area contributed by atoms with Gasteiger partial charge in [0.2, 0.25) is 0 Å². The van der Waals surface area contributed by atoms with E-state index < -0.39 is 0 Å². The summed E-state index contributed by atoms with van der Waals surface area (Å²) in [5.41, 5.74) is 1.38. The molecule has 18 heavy (non-hydrogen) atoms. The average molecular weight is 251 g/mol. The van der Waals surface area contributed by atoms with E-state index in [4.69, 9.17) is 4.74 Å². The first kappa shape index (κ1) is 14.4. The molecule has 100 valence electrons. The molecule has 1 unspecified atom stereocenters. The number of pyridine rings is 1. The molecule has 0 aliphatic rings. The highest BCUT2D eigenvalue weighted by Crippen LogP contribution is 2.12. The Balaban J connectivity index is 2.60. The fourth-order valence-electron chi connectivity index (χ4n) is 1.63. The van der Waals surface area contributed by atoms with Gasteiger partial charge in [0.05, 0.1) is 24.1 Å². The molecule has 0 aromatic carbocycles. The van der Waals surface area contributed by atoms with Crippen molar-refractivity contribution >= 4 is 11.6 Å². The van der Waals surface area contributed by atoms with E-state index in [9.17, 15) is 4.79 Å². The molecule has 1 amide bonds. The molecule has 5 heteroatoms. The second-order valence-corrected chi connectivity index (χ2v) is 4.22. The van der Waals surface area contributed by atoms with E-state index in [-0.39, 0.29) is 5.91 Å². The van der Waals surface area contributed by atoms with Gasteiger partial charge in [0, 0.05) is 26.4 Å². The second-order valence-electron chi connectivity index (χ2n) is 4.22. The van der Waals surface area contributed by atoms with E-state index in [1.54, 1.807) is 25.6 Å². The molecule has 1 atom stereocenters. The predicted molar refractivity (Wildman–Crippen MR) is 71.8 cm³/mol. The van der Waals surface area contributed by atoms with Gasteiger partial charge in [-0.05, 0) is 18.9 Å². The van der Waals surface area contributed by atoms with Crippen molar-refractivity contribution in [2.45, 2.75) is 13.8 Å². The van der Waals surface area contributed by atoms with E-state index in [0.29, 0.717) is 24.6 Å². The highest BCUT2D eigenvalue weighted by atomic mass is 16.5. The first-order valence-electron chi connectivity index (χ1n) is 6.14. The topological polar surface area (TPSA) is 63.2 Å². The Morgan fingerprint density at radius 2 is 2.33 bits per heavy atom. The summed E-state index contributed by atoms with van der Waals surface area (Å²) in [6, 6.07) is 1.72. The molecule has 0 aliphatic heterocycles. The summed E-state index contributed by atoms with van der Waals surface area (Å²) in [5, 5.41) is 6.02. The van der Waals surface area contributed by atoms with Crippen molar-refractivity contribution < 1.29 is 9.53 Å². The Morgan fingerprint density at radius 1 is 1.56 bits per heavy atom. The Labute approximate surface area is 108 Å². The van der Waals surface area contributed by atoms with Crippen LogP contribution in [0.5, 0.6) is 0 Å². The zero-order valence-electron chi connectivity index (χ0n) is 11.2. The third-order valence-corrected chi connectivity index (χ3v) is 2.50. The molecule has 5 nitrogen and oxygen atoms in total. The van der Waals surface area contributed by atoms with E-state index in [2.05, 4.69) is 15.6 Å². The van der Waals surface area contributed by atoms with Gasteiger partial charge < -0.3 is 15.4 Å². The summed E-state index contributed by atoms with van der Waals surface area (Å²) in [6.07, 6.45) is 3.28. The minimum absolute atomic E-state index is 0.0868. The number of anilines is 1. The number of rotatable bonds is 7. The lowest BCUT2D eigenvalue weighted by Gasteiger charge is -2.13. The van der Waals surface area contributed by atoms with E-state index in [1.807, 2.05) is 13.8 Å². The molecule has 1 aromatic heterocycles. The maximum Gasteiger partial charge on any atom is 0.253 e. The standard InChI is InChI=1S/C13H21N3O2/c1-4-15-12-8-14-6-5-11(12)13(17)16-7-10(2)9-18-3/h5-6,8,10,15H,4,7,9H2,1-3H3,(H,16,17). The first-order chi connectivity index (χ1) is 8.69. The van der Waals surface area contributed by atoms with Crippen LogP contribution in [0.4, 0.5) is 5.69 Å². The van der Waals surface area contributed by atoms with Gasteiger partial charge in [-0.3, -0.25) is 9.78 Å². The maximum absolute atomic E-state index is 12.0. The summed E-state index contributed by atoms with van der Waals surface area (Å²) >= 11 is 0. The zero-order valence-corrected chi connectivity index (χ0v) is 11.2. The maximum atomic E-state index is 12.0. The van der Waals surface area contributed by atoms with Crippen molar-refractivity contribution in [1.29, 1.82) is 0 Å². The number of nitrogens with one attached hydrogen (secondary N) is 2. The monoisotopic (exact) mass is 251 g/mol. The molecule has 0 fully saturated rings. The lowest BCUT2D eigenvalue weighted by Crippen LogP contribution is -2.30. The number of amides is 1. The normalized spacial score (nSPS) is 11.9. The van der Waals surface area contributed by atoms with Crippen LogP contribution in [0.3, 0.4) is 0 Å². The van der Waals surface area contributed by atoms with Crippen LogP contribution >= 0.6 is 0 Å². The van der Waals surface area contributed by atoms with Crippen LogP contribution in [-0.2, 0) is 4.74 Å². The molecule has 0 saturated heterocycles. The Hall–Kier alpha value is -1.62. The lowest BCUT2D eigenvalue weighted by molar-refractivity contribution is 0.0935. The molecule has 0 bridgehead atoms. The lowest BCUT2D eigenvalue weighted by atomic mass is 10.1. The Bertz CT molecular complexity index is 382. The van der Waals surface area contributed by atoms with Crippen molar-refractivity contribution in [2.24, 2.45) is 5.92 Å². The first-order valence-corrected chi connectivity index (χ1v) is 6.14. The Kier molecular flexibility index (Phi) is 6.14. The molecule has 0 saturated carbocycles. The third kappa shape index (κ3) is 4.33. The number of hydrogen-bond donors (Lipinski definition) is 2. The van der Waals surface area contributed by atoms with E-state index in [1.165, 1.54) is 0 Å². The van der Waals surface area contributed by atoms with E-state index >= 15 is 0 Å². The number of ether oxygens (including phenoxy) is 1. The van der Waals surface area contributed by atoms with Crippen molar-refractivity contribution in [3.63, 3.8) is 0 Å². The van der Waals surface area contributed by atoms with Gasteiger partial charge in [-0.15, -0.1) is 0 Å². The fraction of sp³-hybridized carbons (Fsp3) is 0.538. The van der Waals surface area contributed by atoms with Gasteiger partial charge in [-0.25, -0.2) is 0 Å². The van der Waals surface area contributed by atoms with Crippen molar-refractivity contribution in [3.05, 3.63) is 24.0 Å². The van der Waals surface area contributed by atoms with Gasteiger partial charge in [-0.1, -0.05) is 6.92 Å². The van der Waals surface area contributed by atoms with Crippen LogP contribution in [0.25, 0.3) is 0 Å². The third-order valence-electron chi connectivity index (χ3n) is 2.50. The molecule has 0 radical (unpaired) electrons. The van der Waals surface area contributed by atoms with Crippen LogP contribution in [0.2, 0.25) is 0 Å². The summed E-state index contributed by atoms with van der Waals surface area (Å²) in [4.78, 5) is 16.0. The predicted octanol–water partition coefficient (Wildman–Crippen LogP) is 1.53. The number of nitrogens with zero attached hydrogens (tertiary/aromatic N) is 1. The van der Waals surface area contributed by atoms with Crippen LogP contribution in [0.1, 0.15) is 24.2 Å². The minimum atomic E-state index is -0.0868. The molecule has 1 aromatic rings. The minimum Gasteiger partial charge on any atom is -0.384 e. The number of carbonyl (C=O) groups is 1. The smallest absolute Gasteiger partial charge is 0.253 e. The molecular weight excluding hydrogens is 230 g/mol. The molecule has 0 spiro atoms. The molecular formula is C13H21N3O2. The average Bonchev–Trinajstić information content (AvgIpc) is 2.37. The van der Waals surface area contributed by atoms with Gasteiger partial charge in [0.25, 0.3) is 5.91 Å². The van der Waals surface area contributed by atoms with Crippen molar-refractivity contribution in [2.75, 3.05) is 32.1 Å². The zero-order chi connectivity index (χ0) is 13.4. The molecule has 2 N–H and O–H groups in total. The Morgan fingerprint density at radius 3 is 3.00 bits per heavy atom. The van der Waals surface area contributed by atoms with Crippen LogP contribution < -0.4 is 10.6 Å². The van der Waals surface area contributed by atoms with Crippen molar-refractivity contribution in [1.82, 2.24) is 10.3 Å².